The fourth-order valence-corrected chi connectivity index (χ4v) is 1.54. The molecular weight excluding hydrogens is 168 g/mol. The molecule has 0 aromatic heterocycles. The molecule has 0 aromatic carbocycles. The van der Waals surface area contributed by atoms with Crippen molar-refractivity contribution in [3.63, 3.8) is 0 Å². The van der Waals surface area contributed by atoms with Gasteiger partial charge in [-0.25, -0.2) is 0 Å². The van der Waals surface area contributed by atoms with Gasteiger partial charge in [-0.2, -0.15) is 0 Å². The SMILES string of the molecule is [CH]CCCC[CH]CCCCCCC[CH]. The van der Waals surface area contributed by atoms with Gasteiger partial charge in [-0.3, -0.25) is 0 Å². The molecule has 0 saturated heterocycles. The third kappa shape index (κ3) is 12.0. The quantitative estimate of drug-likeness (QED) is 0.409. The molecule has 81 valence electrons. The largest absolute Gasteiger partial charge is 0.0533 e. The molecular formula is C14H25. The van der Waals surface area contributed by atoms with Gasteiger partial charge in [-0.15, -0.1) is 0 Å². The minimum atomic E-state index is 0.840. The van der Waals surface area contributed by atoms with E-state index in [-0.39, 0.29) is 0 Å². The normalized spacial score (nSPS) is 10.7. The molecule has 0 atom stereocenters. The van der Waals surface area contributed by atoms with E-state index >= 15 is 0 Å². The summed E-state index contributed by atoms with van der Waals surface area (Å²) in [6.07, 6.45) is 15.7. The van der Waals surface area contributed by atoms with Gasteiger partial charge in [-0.05, 0) is 33.1 Å². The zero-order chi connectivity index (χ0) is 10.5. The average molecular weight is 193 g/mol. The molecule has 0 aliphatic carbocycles. The predicted octanol–water partition coefficient (Wildman–Crippen LogP) is 4.90. The molecule has 14 heavy (non-hydrogen) atoms. The Morgan fingerprint density at radius 1 is 0.571 bits per heavy atom. The van der Waals surface area contributed by atoms with Crippen molar-refractivity contribution in [2.75, 3.05) is 0 Å². The zero-order valence-corrected chi connectivity index (χ0v) is 9.51. The first-order valence-corrected chi connectivity index (χ1v) is 6.13. The molecule has 0 nitrogen and oxygen atoms in total. The van der Waals surface area contributed by atoms with Crippen LogP contribution in [0, 0.1) is 20.3 Å². The van der Waals surface area contributed by atoms with Crippen LogP contribution in [0.4, 0.5) is 0 Å². The van der Waals surface area contributed by atoms with Gasteiger partial charge in [0, 0.05) is 0 Å². The van der Waals surface area contributed by atoms with E-state index in [2.05, 4.69) is 6.42 Å². The van der Waals surface area contributed by atoms with Crippen LogP contribution in [0.3, 0.4) is 0 Å². The molecule has 0 heteroatoms. The van der Waals surface area contributed by atoms with Crippen LogP contribution in [0.2, 0.25) is 0 Å². The Morgan fingerprint density at radius 3 is 1.64 bits per heavy atom. The second-order valence-electron chi connectivity index (χ2n) is 3.92. The topological polar surface area (TPSA) is 0 Å². The maximum absolute atomic E-state index is 5.42. The highest BCUT2D eigenvalue weighted by molar-refractivity contribution is 4.64. The molecule has 0 saturated carbocycles. The molecule has 0 aromatic rings. The molecule has 0 fully saturated rings. The lowest BCUT2D eigenvalue weighted by Crippen LogP contribution is -1.82. The van der Waals surface area contributed by atoms with Gasteiger partial charge >= 0.3 is 0 Å². The van der Waals surface area contributed by atoms with E-state index in [0.29, 0.717) is 0 Å². The molecule has 0 aliphatic heterocycles. The maximum Gasteiger partial charge on any atom is -0.0352 e. The Hall–Kier alpha value is 0. The Kier molecular flexibility index (Phi) is 13.0. The van der Waals surface area contributed by atoms with E-state index in [4.69, 9.17) is 13.8 Å². The lowest BCUT2D eigenvalue weighted by Gasteiger charge is -2.01. The number of hydrogen-bond donors (Lipinski definition) is 0. The van der Waals surface area contributed by atoms with Gasteiger partial charge in [0.05, 0.1) is 0 Å². The lowest BCUT2D eigenvalue weighted by molar-refractivity contribution is 0.603. The fraction of sp³-hybridized carbons (Fsp3) is 0.786. The van der Waals surface area contributed by atoms with Crippen molar-refractivity contribution in [3.8, 4) is 0 Å². The first-order chi connectivity index (χ1) is 6.91. The average Bonchev–Trinajstić information content (AvgIpc) is 2.21. The number of hydrogen-bond acceptors (Lipinski definition) is 0. The maximum atomic E-state index is 5.42. The van der Waals surface area contributed by atoms with E-state index in [9.17, 15) is 0 Å². The summed E-state index contributed by atoms with van der Waals surface area (Å²) in [6.45, 7) is 10.8. The van der Waals surface area contributed by atoms with Crippen molar-refractivity contribution < 1.29 is 0 Å². The Labute approximate surface area is 91.5 Å². The van der Waals surface area contributed by atoms with Crippen LogP contribution < -0.4 is 0 Å². The second kappa shape index (κ2) is 13.0. The minimum Gasteiger partial charge on any atom is -0.0533 e. The van der Waals surface area contributed by atoms with E-state index in [1.807, 2.05) is 0 Å². The summed E-state index contributed by atoms with van der Waals surface area (Å²) < 4.78 is 0. The van der Waals surface area contributed by atoms with E-state index < -0.39 is 0 Å². The summed E-state index contributed by atoms with van der Waals surface area (Å²) >= 11 is 0. The van der Waals surface area contributed by atoms with Crippen molar-refractivity contribution in [2.45, 2.75) is 70.6 Å². The molecule has 0 bridgehead atoms. The van der Waals surface area contributed by atoms with Crippen LogP contribution in [-0.2, 0) is 0 Å². The van der Waals surface area contributed by atoms with Gasteiger partial charge in [-0.1, -0.05) is 57.8 Å². The predicted molar refractivity (Wildman–Crippen MR) is 63.7 cm³/mol. The van der Waals surface area contributed by atoms with Gasteiger partial charge in [0.25, 0.3) is 0 Å². The summed E-state index contributed by atoms with van der Waals surface area (Å²) in [5.74, 6) is 0. The number of rotatable bonds is 11. The van der Waals surface area contributed by atoms with Crippen molar-refractivity contribution in [3.05, 3.63) is 20.3 Å². The second-order valence-corrected chi connectivity index (χ2v) is 3.92. The smallest absolute Gasteiger partial charge is 0.0352 e. The Balaban J connectivity index is 2.78. The highest BCUT2D eigenvalue weighted by Gasteiger charge is 1.92. The molecule has 0 aliphatic rings. The summed E-state index contributed by atoms with van der Waals surface area (Å²) in [5, 5.41) is 0. The fourth-order valence-electron chi connectivity index (χ4n) is 1.54. The van der Waals surface area contributed by atoms with Gasteiger partial charge in [0.2, 0.25) is 0 Å². The van der Waals surface area contributed by atoms with Crippen LogP contribution in [0.25, 0.3) is 0 Å². The van der Waals surface area contributed by atoms with Crippen LogP contribution in [0.15, 0.2) is 0 Å². The van der Waals surface area contributed by atoms with Gasteiger partial charge in [0.15, 0.2) is 0 Å². The standard InChI is InChI=1S/C14H25/c1-3-5-7-9-11-13-14-12-10-8-6-4-2/h1-2,11H,3-10,12-14H2. The summed E-state index contributed by atoms with van der Waals surface area (Å²) in [6, 6.07) is 0. The molecule has 0 N–H and O–H groups in total. The Morgan fingerprint density at radius 2 is 1.00 bits per heavy atom. The molecule has 0 spiro atoms. The third-order valence-electron chi connectivity index (χ3n) is 2.47. The van der Waals surface area contributed by atoms with Gasteiger partial charge in [0.1, 0.15) is 0 Å². The van der Waals surface area contributed by atoms with E-state index in [1.165, 1.54) is 57.8 Å². The molecule has 0 rings (SSSR count). The summed E-state index contributed by atoms with van der Waals surface area (Å²) in [4.78, 5) is 0. The monoisotopic (exact) mass is 193 g/mol. The number of unbranched alkanes of at least 4 members (excludes halogenated alkanes) is 11. The first kappa shape index (κ1) is 14.0. The van der Waals surface area contributed by atoms with Crippen molar-refractivity contribution in [2.24, 2.45) is 0 Å². The first-order valence-electron chi connectivity index (χ1n) is 6.13. The highest BCUT2D eigenvalue weighted by atomic mass is 14.0. The minimum absolute atomic E-state index is 0.840. The molecule has 0 heterocycles. The van der Waals surface area contributed by atoms with Crippen LogP contribution in [-0.4, -0.2) is 0 Å². The van der Waals surface area contributed by atoms with Crippen LogP contribution in [0.1, 0.15) is 70.6 Å². The van der Waals surface area contributed by atoms with Crippen LogP contribution in [0.5, 0.6) is 0 Å². The zero-order valence-electron chi connectivity index (χ0n) is 9.51. The van der Waals surface area contributed by atoms with Crippen molar-refractivity contribution >= 4 is 0 Å². The molecule has 0 unspecified atom stereocenters. The lowest BCUT2D eigenvalue weighted by atomic mass is 10.1. The van der Waals surface area contributed by atoms with E-state index in [1.54, 1.807) is 0 Å². The van der Waals surface area contributed by atoms with Gasteiger partial charge < -0.3 is 0 Å². The summed E-state index contributed by atoms with van der Waals surface area (Å²) in [7, 11) is 0. The van der Waals surface area contributed by atoms with Crippen LogP contribution >= 0.6 is 0 Å². The summed E-state index contributed by atoms with van der Waals surface area (Å²) in [5.41, 5.74) is 0. The van der Waals surface area contributed by atoms with E-state index in [0.717, 1.165) is 12.8 Å². The molecule has 0 amide bonds. The highest BCUT2D eigenvalue weighted by Crippen LogP contribution is 2.10. The third-order valence-corrected chi connectivity index (χ3v) is 2.47. The Bertz CT molecular complexity index is 74.0. The molecule has 5 radical (unpaired) electrons. The van der Waals surface area contributed by atoms with Crippen molar-refractivity contribution in [1.82, 2.24) is 0 Å². The van der Waals surface area contributed by atoms with Crippen molar-refractivity contribution in [1.29, 1.82) is 0 Å².